The summed E-state index contributed by atoms with van der Waals surface area (Å²) in [5, 5.41) is 2.13. The molecule has 2 aliphatic rings. The molecular formula is C25H19NO. The standard InChI is InChI=1S/C25H19NO/c1-26-16-20-15-14-19(22-10-5-11-23(24(20)22)25(26)27)13-12-18-8-4-7-17-6-2-3-9-21(17)18/h2-3,5-6,8-11,14-15H,4,7,16H2,1H3. The van der Waals surface area contributed by atoms with Gasteiger partial charge in [-0.05, 0) is 47.1 Å². The molecule has 0 N–H and O–H groups in total. The third-order valence-corrected chi connectivity index (χ3v) is 5.51. The van der Waals surface area contributed by atoms with Gasteiger partial charge in [-0.25, -0.2) is 0 Å². The third-order valence-electron chi connectivity index (χ3n) is 5.51. The van der Waals surface area contributed by atoms with E-state index in [-0.39, 0.29) is 5.91 Å². The van der Waals surface area contributed by atoms with Gasteiger partial charge in [0.1, 0.15) is 0 Å². The summed E-state index contributed by atoms with van der Waals surface area (Å²) in [6, 6.07) is 18.7. The van der Waals surface area contributed by atoms with Gasteiger partial charge < -0.3 is 4.90 Å². The maximum Gasteiger partial charge on any atom is 0.254 e. The minimum atomic E-state index is 0.0853. The molecule has 0 atom stereocenters. The van der Waals surface area contributed by atoms with Gasteiger partial charge in [0.25, 0.3) is 5.91 Å². The van der Waals surface area contributed by atoms with Crippen molar-refractivity contribution in [2.45, 2.75) is 19.4 Å². The second-order valence-electron chi connectivity index (χ2n) is 7.23. The molecule has 0 radical (unpaired) electrons. The van der Waals surface area contributed by atoms with Gasteiger partial charge in [0, 0.05) is 35.7 Å². The Labute approximate surface area is 159 Å². The van der Waals surface area contributed by atoms with Crippen molar-refractivity contribution >= 4 is 22.3 Å². The number of fused-ring (bicyclic) bond motifs is 1. The first-order valence-electron chi connectivity index (χ1n) is 9.33. The van der Waals surface area contributed by atoms with Crippen LogP contribution in [-0.2, 0) is 13.0 Å². The van der Waals surface area contributed by atoms with E-state index in [1.807, 2.05) is 19.2 Å². The Kier molecular flexibility index (Phi) is 3.62. The topological polar surface area (TPSA) is 20.3 Å². The SMILES string of the molecule is CN1Cc2ccc(C#CC3=CCCc4ccccc43)c3cccc(c23)C1=O. The summed E-state index contributed by atoms with van der Waals surface area (Å²) < 4.78 is 0. The number of carbonyl (C=O) groups excluding carboxylic acids is 1. The van der Waals surface area contributed by atoms with Gasteiger partial charge >= 0.3 is 0 Å². The smallest absolute Gasteiger partial charge is 0.254 e. The van der Waals surface area contributed by atoms with Gasteiger partial charge in [0.2, 0.25) is 0 Å². The van der Waals surface area contributed by atoms with Gasteiger partial charge in [-0.1, -0.05) is 60.4 Å². The van der Waals surface area contributed by atoms with E-state index in [1.54, 1.807) is 4.90 Å². The van der Waals surface area contributed by atoms with E-state index in [1.165, 1.54) is 16.7 Å². The lowest BCUT2D eigenvalue weighted by atomic mass is 9.90. The van der Waals surface area contributed by atoms with Gasteiger partial charge in [0.15, 0.2) is 0 Å². The van der Waals surface area contributed by atoms with E-state index in [4.69, 9.17) is 0 Å². The Hall–Kier alpha value is -3.31. The van der Waals surface area contributed by atoms with Crippen molar-refractivity contribution in [2.24, 2.45) is 0 Å². The first-order chi connectivity index (χ1) is 13.2. The molecule has 27 heavy (non-hydrogen) atoms. The molecule has 0 saturated heterocycles. The molecule has 1 aliphatic heterocycles. The van der Waals surface area contributed by atoms with Crippen LogP contribution in [0.5, 0.6) is 0 Å². The summed E-state index contributed by atoms with van der Waals surface area (Å²) in [5.41, 5.74) is 6.67. The number of hydrogen-bond donors (Lipinski definition) is 0. The first kappa shape index (κ1) is 15.9. The zero-order valence-corrected chi connectivity index (χ0v) is 15.3. The molecule has 0 aromatic heterocycles. The maximum atomic E-state index is 12.5. The molecule has 2 heteroatoms. The molecule has 1 aliphatic carbocycles. The number of benzene rings is 3. The van der Waals surface area contributed by atoms with Crippen LogP contribution < -0.4 is 0 Å². The van der Waals surface area contributed by atoms with Gasteiger partial charge in [-0.3, -0.25) is 4.79 Å². The van der Waals surface area contributed by atoms with Crippen LogP contribution in [0.4, 0.5) is 0 Å². The molecule has 0 bridgehead atoms. The third kappa shape index (κ3) is 2.55. The number of carbonyl (C=O) groups is 1. The first-order valence-corrected chi connectivity index (χ1v) is 9.33. The maximum absolute atomic E-state index is 12.5. The molecule has 1 amide bonds. The lowest BCUT2D eigenvalue weighted by molar-refractivity contribution is 0.0780. The highest BCUT2D eigenvalue weighted by molar-refractivity contribution is 6.11. The lowest BCUT2D eigenvalue weighted by Crippen LogP contribution is -2.30. The van der Waals surface area contributed by atoms with E-state index in [0.29, 0.717) is 6.54 Å². The van der Waals surface area contributed by atoms with E-state index in [2.05, 4.69) is 60.4 Å². The molecule has 0 fully saturated rings. The zero-order chi connectivity index (χ0) is 18.4. The summed E-state index contributed by atoms with van der Waals surface area (Å²) in [7, 11) is 1.85. The summed E-state index contributed by atoms with van der Waals surface area (Å²) in [6.45, 7) is 0.651. The number of rotatable bonds is 0. The number of allylic oxidation sites excluding steroid dienone is 2. The van der Waals surface area contributed by atoms with E-state index < -0.39 is 0 Å². The average Bonchev–Trinajstić information content (AvgIpc) is 2.71. The number of hydrogen-bond acceptors (Lipinski definition) is 1. The summed E-state index contributed by atoms with van der Waals surface area (Å²) in [4.78, 5) is 14.3. The molecule has 130 valence electrons. The molecule has 1 heterocycles. The monoisotopic (exact) mass is 349 g/mol. The second-order valence-corrected chi connectivity index (χ2v) is 7.23. The Morgan fingerprint density at radius 3 is 2.67 bits per heavy atom. The second kappa shape index (κ2) is 6.14. The number of amides is 1. The summed E-state index contributed by atoms with van der Waals surface area (Å²) >= 11 is 0. The van der Waals surface area contributed by atoms with Crippen molar-refractivity contribution < 1.29 is 4.79 Å². The fourth-order valence-corrected chi connectivity index (χ4v) is 4.17. The normalized spacial score (nSPS) is 15.1. The Bertz CT molecular complexity index is 1190. The highest BCUT2D eigenvalue weighted by atomic mass is 16.2. The van der Waals surface area contributed by atoms with Crippen LogP contribution in [0, 0.1) is 11.8 Å². The van der Waals surface area contributed by atoms with Crippen LogP contribution >= 0.6 is 0 Å². The van der Waals surface area contributed by atoms with Crippen LogP contribution in [0.25, 0.3) is 16.3 Å². The zero-order valence-electron chi connectivity index (χ0n) is 15.3. The molecular weight excluding hydrogens is 330 g/mol. The largest absolute Gasteiger partial charge is 0.337 e. The minimum Gasteiger partial charge on any atom is -0.337 e. The van der Waals surface area contributed by atoms with Crippen LogP contribution in [0.15, 0.2) is 60.7 Å². The fourth-order valence-electron chi connectivity index (χ4n) is 4.17. The molecule has 3 aromatic carbocycles. The van der Waals surface area contributed by atoms with E-state index in [0.717, 1.165) is 40.3 Å². The molecule has 3 aromatic rings. The fraction of sp³-hybridized carbons (Fsp3) is 0.160. The van der Waals surface area contributed by atoms with Crippen molar-refractivity contribution in [2.75, 3.05) is 7.05 Å². The highest BCUT2D eigenvalue weighted by Gasteiger charge is 2.23. The van der Waals surface area contributed by atoms with Crippen LogP contribution in [-0.4, -0.2) is 17.9 Å². The predicted octanol–water partition coefficient (Wildman–Crippen LogP) is 4.81. The molecule has 2 nitrogen and oxygen atoms in total. The van der Waals surface area contributed by atoms with E-state index in [9.17, 15) is 4.79 Å². The van der Waals surface area contributed by atoms with Crippen molar-refractivity contribution in [1.82, 2.24) is 4.90 Å². The quantitative estimate of drug-likeness (QED) is 0.534. The number of nitrogens with zero attached hydrogens (tertiary/aromatic N) is 1. The van der Waals surface area contributed by atoms with Gasteiger partial charge in [0.05, 0.1) is 0 Å². The van der Waals surface area contributed by atoms with E-state index >= 15 is 0 Å². The Morgan fingerprint density at radius 2 is 1.74 bits per heavy atom. The van der Waals surface area contributed by atoms with Crippen LogP contribution in [0.2, 0.25) is 0 Å². The summed E-state index contributed by atoms with van der Waals surface area (Å²) in [6.07, 6.45) is 4.35. The Morgan fingerprint density at radius 1 is 0.889 bits per heavy atom. The Balaban J connectivity index is 1.64. The van der Waals surface area contributed by atoms with Crippen molar-refractivity contribution in [3.8, 4) is 11.8 Å². The predicted molar refractivity (Wildman–Crippen MR) is 109 cm³/mol. The van der Waals surface area contributed by atoms with Crippen LogP contribution in [0.3, 0.4) is 0 Å². The molecule has 0 spiro atoms. The molecule has 5 rings (SSSR count). The van der Waals surface area contributed by atoms with Gasteiger partial charge in [-0.2, -0.15) is 0 Å². The average molecular weight is 349 g/mol. The van der Waals surface area contributed by atoms with Crippen molar-refractivity contribution in [3.05, 3.63) is 88.5 Å². The molecule has 0 unspecified atom stereocenters. The minimum absolute atomic E-state index is 0.0853. The summed E-state index contributed by atoms with van der Waals surface area (Å²) in [5.74, 6) is 6.87. The number of aryl methyl sites for hydroxylation is 1. The van der Waals surface area contributed by atoms with Gasteiger partial charge in [-0.15, -0.1) is 0 Å². The highest BCUT2D eigenvalue weighted by Crippen LogP contribution is 2.32. The molecule has 0 saturated carbocycles. The lowest BCUT2D eigenvalue weighted by Gasteiger charge is -2.25. The van der Waals surface area contributed by atoms with Crippen molar-refractivity contribution in [3.63, 3.8) is 0 Å². The van der Waals surface area contributed by atoms with Crippen molar-refractivity contribution in [1.29, 1.82) is 0 Å². The van der Waals surface area contributed by atoms with Crippen LogP contribution in [0.1, 0.15) is 39.0 Å².